The van der Waals surface area contributed by atoms with E-state index in [0.29, 0.717) is 17.6 Å². The van der Waals surface area contributed by atoms with Gasteiger partial charge in [0.05, 0.1) is 11.3 Å². The van der Waals surface area contributed by atoms with Gasteiger partial charge in [-0.25, -0.2) is 9.59 Å². The van der Waals surface area contributed by atoms with Crippen LogP contribution in [0.25, 0.3) is 0 Å². The number of carboxylic acid groups (broad SMARTS) is 1. The number of rotatable bonds is 5. The second kappa shape index (κ2) is 5.06. The van der Waals surface area contributed by atoms with Gasteiger partial charge in [0.15, 0.2) is 0 Å². The molecule has 2 aliphatic carbocycles. The van der Waals surface area contributed by atoms with Gasteiger partial charge in [0, 0.05) is 6.54 Å². The van der Waals surface area contributed by atoms with E-state index in [1.807, 2.05) is 6.92 Å². The molecule has 21 heavy (non-hydrogen) atoms. The third-order valence-corrected chi connectivity index (χ3v) is 4.59. The number of benzene rings is 1. The lowest BCUT2D eigenvalue weighted by atomic mass is 10.0. The second-order valence-electron chi connectivity index (χ2n) is 6.30. The number of carbonyl (C=O) groups is 2. The largest absolute Gasteiger partial charge is 0.478 e. The number of carboxylic acids is 1. The highest BCUT2D eigenvalue weighted by Crippen LogP contribution is 2.60. The number of aryl methyl sites for hydroxylation is 1. The number of carbonyl (C=O) groups excluding carboxylic acids is 1. The Labute approximate surface area is 123 Å². The van der Waals surface area contributed by atoms with Gasteiger partial charge in [-0.05, 0) is 56.1 Å². The number of nitrogens with one attached hydrogen (secondary N) is 2. The summed E-state index contributed by atoms with van der Waals surface area (Å²) in [4.78, 5) is 23.2. The van der Waals surface area contributed by atoms with Crippen molar-refractivity contribution in [1.82, 2.24) is 5.32 Å². The van der Waals surface area contributed by atoms with Gasteiger partial charge in [-0.2, -0.15) is 0 Å². The van der Waals surface area contributed by atoms with Gasteiger partial charge in [-0.15, -0.1) is 0 Å². The zero-order chi connectivity index (χ0) is 15.0. The minimum atomic E-state index is -1.04. The van der Waals surface area contributed by atoms with Crippen LogP contribution in [0.2, 0.25) is 0 Å². The minimum Gasteiger partial charge on any atom is -0.478 e. The van der Waals surface area contributed by atoms with E-state index < -0.39 is 5.97 Å². The maximum absolute atomic E-state index is 12.0. The van der Waals surface area contributed by atoms with E-state index in [0.717, 1.165) is 11.5 Å². The van der Waals surface area contributed by atoms with Crippen LogP contribution >= 0.6 is 0 Å². The molecule has 2 fully saturated rings. The Morgan fingerprint density at radius 3 is 2.62 bits per heavy atom. The van der Waals surface area contributed by atoms with Crippen LogP contribution in [-0.2, 0) is 0 Å². The number of hydrogen-bond acceptors (Lipinski definition) is 2. The molecule has 2 saturated carbocycles. The lowest BCUT2D eigenvalue weighted by molar-refractivity contribution is 0.0698. The van der Waals surface area contributed by atoms with Crippen molar-refractivity contribution in [3.8, 4) is 0 Å². The van der Waals surface area contributed by atoms with Gasteiger partial charge in [0.25, 0.3) is 0 Å². The zero-order valence-electron chi connectivity index (χ0n) is 12.1. The minimum absolute atomic E-state index is 0.119. The van der Waals surface area contributed by atoms with Crippen LogP contribution in [0.15, 0.2) is 18.2 Å². The van der Waals surface area contributed by atoms with Crippen LogP contribution < -0.4 is 10.6 Å². The number of anilines is 1. The average molecular weight is 288 g/mol. The molecule has 2 aliphatic rings. The highest BCUT2D eigenvalue weighted by Gasteiger charge is 2.53. The molecule has 0 unspecified atom stereocenters. The molecule has 0 aromatic heterocycles. The SMILES string of the molecule is Cc1ccc(NC(=O)NCC2(C3CC3)CC2)c(C(=O)O)c1. The van der Waals surface area contributed by atoms with Gasteiger partial charge in [-0.1, -0.05) is 11.6 Å². The van der Waals surface area contributed by atoms with Crippen LogP contribution in [-0.4, -0.2) is 23.7 Å². The van der Waals surface area contributed by atoms with Crippen molar-refractivity contribution in [3.63, 3.8) is 0 Å². The highest BCUT2D eigenvalue weighted by molar-refractivity contribution is 6.00. The second-order valence-corrected chi connectivity index (χ2v) is 6.30. The van der Waals surface area contributed by atoms with Crippen LogP contribution in [0, 0.1) is 18.3 Å². The molecule has 0 aliphatic heterocycles. The first-order valence-electron chi connectivity index (χ1n) is 7.39. The zero-order valence-corrected chi connectivity index (χ0v) is 12.1. The molecule has 0 radical (unpaired) electrons. The van der Waals surface area contributed by atoms with Gasteiger partial charge in [0.2, 0.25) is 0 Å². The van der Waals surface area contributed by atoms with Gasteiger partial charge < -0.3 is 15.7 Å². The number of amides is 2. The molecule has 5 nitrogen and oxygen atoms in total. The predicted molar refractivity (Wildman–Crippen MR) is 79.6 cm³/mol. The summed E-state index contributed by atoms with van der Waals surface area (Å²) in [6.07, 6.45) is 4.96. The first-order chi connectivity index (χ1) is 10.00. The van der Waals surface area contributed by atoms with Crippen LogP contribution in [0.3, 0.4) is 0 Å². The topological polar surface area (TPSA) is 78.4 Å². The summed E-state index contributed by atoms with van der Waals surface area (Å²) in [6.45, 7) is 2.51. The van der Waals surface area contributed by atoms with Crippen molar-refractivity contribution in [2.45, 2.75) is 32.6 Å². The van der Waals surface area contributed by atoms with E-state index in [1.54, 1.807) is 18.2 Å². The number of hydrogen-bond donors (Lipinski definition) is 3. The van der Waals surface area contributed by atoms with E-state index in [1.165, 1.54) is 25.7 Å². The molecule has 3 rings (SSSR count). The summed E-state index contributed by atoms with van der Waals surface area (Å²) in [5, 5.41) is 14.7. The van der Waals surface area contributed by atoms with Crippen LogP contribution in [0.1, 0.15) is 41.6 Å². The van der Waals surface area contributed by atoms with Crippen molar-refractivity contribution in [2.24, 2.45) is 11.3 Å². The molecule has 5 heteroatoms. The van der Waals surface area contributed by atoms with E-state index in [4.69, 9.17) is 0 Å². The van der Waals surface area contributed by atoms with Crippen molar-refractivity contribution >= 4 is 17.7 Å². The third kappa shape index (κ3) is 3.01. The maximum atomic E-state index is 12.0. The molecule has 112 valence electrons. The summed E-state index contributed by atoms with van der Waals surface area (Å²) in [6, 6.07) is 4.65. The molecule has 0 spiro atoms. The maximum Gasteiger partial charge on any atom is 0.337 e. The average Bonchev–Trinajstić information content (AvgIpc) is 3.30. The van der Waals surface area contributed by atoms with E-state index in [2.05, 4.69) is 10.6 Å². The Morgan fingerprint density at radius 2 is 2.05 bits per heavy atom. The van der Waals surface area contributed by atoms with E-state index in [-0.39, 0.29) is 11.6 Å². The highest BCUT2D eigenvalue weighted by atomic mass is 16.4. The molecule has 0 bridgehead atoms. The smallest absolute Gasteiger partial charge is 0.337 e. The Hall–Kier alpha value is -2.04. The van der Waals surface area contributed by atoms with E-state index >= 15 is 0 Å². The Kier molecular flexibility index (Phi) is 3.35. The van der Waals surface area contributed by atoms with Gasteiger partial charge in [0.1, 0.15) is 0 Å². The molecule has 0 atom stereocenters. The first-order valence-corrected chi connectivity index (χ1v) is 7.39. The standard InChI is InChI=1S/C16H20N2O3/c1-10-2-5-13(12(8-10)14(19)20)18-15(21)17-9-16(6-7-16)11-3-4-11/h2,5,8,11H,3-4,6-7,9H2,1H3,(H,19,20)(H2,17,18,21). The summed E-state index contributed by atoms with van der Waals surface area (Å²) < 4.78 is 0. The number of urea groups is 1. The monoisotopic (exact) mass is 288 g/mol. The molecule has 1 aromatic rings. The molecule has 0 heterocycles. The van der Waals surface area contributed by atoms with Crippen LogP contribution in [0.4, 0.5) is 10.5 Å². The molecule has 1 aromatic carbocycles. The van der Waals surface area contributed by atoms with Crippen molar-refractivity contribution in [1.29, 1.82) is 0 Å². The van der Waals surface area contributed by atoms with Crippen molar-refractivity contribution < 1.29 is 14.7 Å². The fraction of sp³-hybridized carbons (Fsp3) is 0.500. The Morgan fingerprint density at radius 1 is 1.33 bits per heavy atom. The van der Waals surface area contributed by atoms with E-state index in [9.17, 15) is 14.7 Å². The molecular formula is C16H20N2O3. The van der Waals surface area contributed by atoms with Crippen molar-refractivity contribution in [3.05, 3.63) is 29.3 Å². The molecule has 3 N–H and O–H groups in total. The fourth-order valence-corrected chi connectivity index (χ4v) is 2.95. The normalized spacial score (nSPS) is 18.9. The molecule has 0 saturated heterocycles. The fourth-order valence-electron chi connectivity index (χ4n) is 2.95. The first kappa shape index (κ1) is 13.9. The summed E-state index contributed by atoms with van der Waals surface area (Å²) in [5.74, 6) is -0.252. The Bertz CT molecular complexity index is 589. The molecule has 2 amide bonds. The van der Waals surface area contributed by atoms with Crippen LogP contribution in [0.5, 0.6) is 0 Å². The summed E-state index contributed by atoms with van der Waals surface area (Å²) in [7, 11) is 0. The predicted octanol–water partition coefficient (Wildman–Crippen LogP) is 3.00. The quantitative estimate of drug-likeness (QED) is 0.779. The third-order valence-electron chi connectivity index (χ3n) is 4.59. The van der Waals surface area contributed by atoms with Crippen molar-refractivity contribution in [2.75, 3.05) is 11.9 Å². The lowest BCUT2D eigenvalue weighted by Gasteiger charge is -2.16. The molecular weight excluding hydrogens is 268 g/mol. The Balaban J connectivity index is 1.61. The van der Waals surface area contributed by atoms with Gasteiger partial charge >= 0.3 is 12.0 Å². The summed E-state index contributed by atoms with van der Waals surface area (Å²) >= 11 is 0. The lowest BCUT2D eigenvalue weighted by Crippen LogP contribution is -2.35. The number of aromatic carboxylic acids is 1. The van der Waals surface area contributed by atoms with Gasteiger partial charge in [-0.3, -0.25) is 0 Å². The summed E-state index contributed by atoms with van der Waals surface area (Å²) in [5.41, 5.74) is 1.64.